The summed E-state index contributed by atoms with van der Waals surface area (Å²) in [4.78, 5) is 27.0. The number of carbonyl (C=O) groups is 2. The van der Waals surface area contributed by atoms with Crippen LogP contribution in [0, 0.1) is 5.82 Å². The molecule has 3 aromatic carbocycles. The number of hydrogen-bond donors (Lipinski definition) is 0. The second-order valence-electron chi connectivity index (χ2n) is 7.87. The lowest BCUT2D eigenvalue weighted by molar-refractivity contribution is -0.122. The molecule has 0 aromatic heterocycles. The van der Waals surface area contributed by atoms with Crippen molar-refractivity contribution in [1.29, 1.82) is 0 Å². The zero-order chi connectivity index (χ0) is 24.8. The van der Waals surface area contributed by atoms with Crippen LogP contribution in [0.2, 0.25) is 0 Å². The standard InChI is InChI=1S/C27H23BrFNO4S/c1-33-23-14-20(22(28)16-24(23)34-17-19-9-5-11-21(29)13-19)15-25-26(31)30(27(32)35-25)12-6-10-18-7-3-2-4-8-18/h2-5,7-9,11,13-16H,6,10,12,17H2,1H3/b25-15+. The number of hydrogen-bond acceptors (Lipinski definition) is 5. The van der Waals surface area contributed by atoms with Gasteiger partial charge in [-0.1, -0.05) is 58.4 Å². The summed E-state index contributed by atoms with van der Waals surface area (Å²) in [5.41, 5.74) is 2.54. The maximum absolute atomic E-state index is 13.4. The Morgan fingerprint density at radius 3 is 2.51 bits per heavy atom. The van der Waals surface area contributed by atoms with Crippen molar-refractivity contribution in [2.75, 3.05) is 13.7 Å². The summed E-state index contributed by atoms with van der Waals surface area (Å²) in [6, 6.07) is 19.6. The molecule has 1 saturated heterocycles. The van der Waals surface area contributed by atoms with E-state index in [0.29, 0.717) is 45.0 Å². The number of benzene rings is 3. The summed E-state index contributed by atoms with van der Waals surface area (Å²) in [6.45, 7) is 0.538. The van der Waals surface area contributed by atoms with E-state index >= 15 is 0 Å². The maximum atomic E-state index is 13.4. The molecular weight excluding hydrogens is 533 g/mol. The lowest BCUT2D eigenvalue weighted by atomic mass is 10.1. The Morgan fingerprint density at radius 1 is 1.00 bits per heavy atom. The van der Waals surface area contributed by atoms with E-state index in [1.165, 1.54) is 29.7 Å². The van der Waals surface area contributed by atoms with Crippen molar-refractivity contribution in [2.24, 2.45) is 0 Å². The first-order valence-corrected chi connectivity index (χ1v) is 12.6. The molecule has 0 spiro atoms. The van der Waals surface area contributed by atoms with E-state index in [1.54, 1.807) is 30.3 Å². The smallest absolute Gasteiger partial charge is 0.293 e. The highest BCUT2D eigenvalue weighted by Gasteiger charge is 2.34. The Balaban J connectivity index is 1.45. The molecule has 0 bridgehead atoms. The van der Waals surface area contributed by atoms with Gasteiger partial charge in [0.2, 0.25) is 0 Å². The summed E-state index contributed by atoms with van der Waals surface area (Å²) < 4.78 is 25.4. The van der Waals surface area contributed by atoms with Crippen LogP contribution >= 0.6 is 27.7 Å². The Labute approximate surface area is 216 Å². The van der Waals surface area contributed by atoms with Crippen molar-refractivity contribution in [2.45, 2.75) is 19.4 Å². The fraction of sp³-hybridized carbons (Fsp3) is 0.185. The number of rotatable bonds is 9. The van der Waals surface area contributed by atoms with Crippen LogP contribution in [0.25, 0.3) is 6.08 Å². The van der Waals surface area contributed by atoms with Crippen LogP contribution in [-0.4, -0.2) is 29.7 Å². The van der Waals surface area contributed by atoms with E-state index in [-0.39, 0.29) is 23.6 Å². The summed E-state index contributed by atoms with van der Waals surface area (Å²) >= 11 is 4.44. The van der Waals surface area contributed by atoms with E-state index in [9.17, 15) is 14.0 Å². The third-order valence-electron chi connectivity index (χ3n) is 5.42. The Morgan fingerprint density at radius 2 is 1.77 bits per heavy atom. The lowest BCUT2D eigenvalue weighted by Gasteiger charge is -2.13. The van der Waals surface area contributed by atoms with Gasteiger partial charge in [0.05, 0.1) is 12.0 Å². The number of ether oxygens (including phenoxy) is 2. The molecular formula is C27H23BrFNO4S. The van der Waals surface area contributed by atoms with Crippen molar-refractivity contribution < 1.29 is 23.5 Å². The van der Waals surface area contributed by atoms with Gasteiger partial charge in [-0.15, -0.1) is 0 Å². The van der Waals surface area contributed by atoms with Gasteiger partial charge in [0.15, 0.2) is 11.5 Å². The zero-order valence-electron chi connectivity index (χ0n) is 19.0. The largest absolute Gasteiger partial charge is 0.493 e. The molecule has 1 fully saturated rings. The minimum atomic E-state index is -0.330. The van der Waals surface area contributed by atoms with E-state index in [1.807, 2.05) is 30.3 Å². The molecule has 5 nitrogen and oxygen atoms in total. The SMILES string of the molecule is COc1cc(/C=C2/SC(=O)N(CCCc3ccccc3)C2=O)c(Br)cc1OCc1cccc(F)c1. The lowest BCUT2D eigenvalue weighted by Crippen LogP contribution is -2.29. The van der Waals surface area contributed by atoms with Gasteiger partial charge in [0.1, 0.15) is 12.4 Å². The number of carbonyl (C=O) groups excluding carboxylic acids is 2. The minimum Gasteiger partial charge on any atom is -0.493 e. The van der Waals surface area contributed by atoms with Gasteiger partial charge >= 0.3 is 0 Å². The minimum absolute atomic E-state index is 0.168. The van der Waals surface area contributed by atoms with Gasteiger partial charge in [0.25, 0.3) is 11.1 Å². The van der Waals surface area contributed by atoms with E-state index in [4.69, 9.17) is 9.47 Å². The molecule has 0 N–H and O–H groups in total. The number of halogens is 2. The average molecular weight is 556 g/mol. The third kappa shape index (κ3) is 6.32. The molecule has 0 radical (unpaired) electrons. The zero-order valence-corrected chi connectivity index (χ0v) is 21.4. The molecule has 4 rings (SSSR count). The van der Waals surface area contributed by atoms with Crippen molar-refractivity contribution >= 4 is 44.9 Å². The van der Waals surface area contributed by atoms with Gasteiger partial charge < -0.3 is 9.47 Å². The fourth-order valence-corrected chi connectivity index (χ4v) is 4.93. The van der Waals surface area contributed by atoms with E-state index < -0.39 is 0 Å². The molecule has 0 unspecified atom stereocenters. The first-order valence-electron chi connectivity index (χ1n) is 11.0. The number of aryl methyl sites for hydroxylation is 1. The van der Waals surface area contributed by atoms with Crippen molar-refractivity contribution in [1.82, 2.24) is 4.90 Å². The monoisotopic (exact) mass is 555 g/mol. The Hall–Kier alpha value is -3.10. The molecule has 0 atom stereocenters. The molecule has 0 saturated carbocycles. The summed E-state index contributed by atoms with van der Waals surface area (Å²) in [5.74, 6) is 0.293. The van der Waals surface area contributed by atoms with E-state index in [2.05, 4.69) is 15.9 Å². The number of nitrogens with zero attached hydrogens (tertiary/aromatic N) is 1. The van der Waals surface area contributed by atoms with Crippen LogP contribution in [0.5, 0.6) is 11.5 Å². The number of imide groups is 1. The number of thioether (sulfide) groups is 1. The number of methoxy groups -OCH3 is 1. The highest BCUT2D eigenvalue weighted by atomic mass is 79.9. The Bertz CT molecular complexity index is 1270. The van der Waals surface area contributed by atoms with Crippen LogP contribution in [0.3, 0.4) is 0 Å². The number of amides is 2. The van der Waals surface area contributed by atoms with E-state index in [0.717, 1.165) is 18.2 Å². The van der Waals surface area contributed by atoms with Crippen LogP contribution in [0.1, 0.15) is 23.1 Å². The first-order chi connectivity index (χ1) is 16.9. The van der Waals surface area contributed by atoms with Gasteiger partial charge in [-0.3, -0.25) is 14.5 Å². The maximum Gasteiger partial charge on any atom is 0.293 e. The Kier molecular flexibility index (Phi) is 8.25. The predicted molar refractivity (Wildman–Crippen MR) is 139 cm³/mol. The second kappa shape index (κ2) is 11.6. The molecule has 2 amide bonds. The van der Waals surface area contributed by atoms with Gasteiger partial charge in [0, 0.05) is 11.0 Å². The molecule has 180 valence electrons. The van der Waals surface area contributed by atoms with Crippen molar-refractivity contribution in [3.05, 3.63) is 98.6 Å². The highest BCUT2D eigenvalue weighted by Crippen LogP contribution is 2.38. The highest BCUT2D eigenvalue weighted by molar-refractivity contribution is 9.10. The van der Waals surface area contributed by atoms with Crippen LogP contribution < -0.4 is 9.47 Å². The van der Waals surface area contributed by atoms with Crippen LogP contribution in [-0.2, 0) is 17.8 Å². The molecule has 1 aliphatic heterocycles. The van der Waals surface area contributed by atoms with Gasteiger partial charge in [-0.2, -0.15) is 0 Å². The quantitative estimate of drug-likeness (QED) is 0.270. The second-order valence-corrected chi connectivity index (χ2v) is 9.71. The molecule has 1 heterocycles. The normalized spacial score (nSPS) is 14.6. The fourth-order valence-electron chi connectivity index (χ4n) is 3.64. The molecule has 1 aliphatic rings. The average Bonchev–Trinajstić information content (AvgIpc) is 3.12. The predicted octanol–water partition coefficient (Wildman–Crippen LogP) is 6.84. The van der Waals surface area contributed by atoms with Gasteiger partial charge in [-0.25, -0.2) is 4.39 Å². The summed E-state index contributed by atoms with van der Waals surface area (Å²) in [6.07, 6.45) is 3.16. The first kappa shape index (κ1) is 25.0. The topological polar surface area (TPSA) is 55.8 Å². The molecule has 3 aromatic rings. The molecule has 0 aliphatic carbocycles. The summed E-state index contributed by atoms with van der Waals surface area (Å²) in [5, 5.41) is -0.271. The van der Waals surface area contributed by atoms with Crippen LogP contribution in [0.15, 0.2) is 76.1 Å². The third-order valence-corrected chi connectivity index (χ3v) is 7.01. The molecule has 35 heavy (non-hydrogen) atoms. The molecule has 8 heteroatoms. The van der Waals surface area contributed by atoms with Crippen molar-refractivity contribution in [3.63, 3.8) is 0 Å². The van der Waals surface area contributed by atoms with Crippen molar-refractivity contribution in [3.8, 4) is 11.5 Å². The van der Waals surface area contributed by atoms with Crippen LogP contribution in [0.4, 0.5) is 9.18 Å². The summed E-state index contributed by atoms with van der Waals surface area (Å²) in [7, 11) is 1.52. The van der Waals surface area contributed by atoms with Gasteiger partial charge in [-0.05, 0) is 71.6 Å².